The van der Waals surface area contributed by atoms with E-state index in [1.807, 2.05) is 6.07 Å². The fourth-order valence-corrected chi connectivity index (χ4v) is 3.77. The molecule has 0 saturated carbocycles. The lowest BCUT2D eigenvalue weighted by Gasteiger charge is -2.39. The molecule has 7 nitrogen and oxygen atoms in total. The van der Waals surface area contributed by atoms with E-state index in [1.165, 1.54) is 19.1 Å². The lowest BCUT2D eigenvalue weighted by atomic mass is 9.96. The van der Waals surface area contributed by atoms with E-state index in [1.54, 1.807) is 17.0 Å². The van der Waals surface area contributed by atoms with Gasteiger partial charge in [0, 0.05) is 23.9 Å². The number of fused-ring (bicyclic) bond motifs is 2. The number of hydrogen-bond donors (Lipinski definition) is 1. The number of nitriles is 1. The van der Waals surface area contributed by atoms with Crippen molar-refractivity contribution in [3.8, 4) is 6.07 Å². The van der Waals surface area contributed by atoms with Crippen molar-refractivity contribution in [3.05, 3.63) is 47.0 Å². The van der Waals surface area contributed by atoms with Crippen molar-refractivity contribution in [2.75, 3.05) is 24.6 Å². The smallest absolute Gasteiger partial charge is 0.417 e. The Morgan fingerprint density at radius 2 is 1.97 bits per heavy atom. The van der Waals surface area contributed by atoms with E-state index >= 15 is 0 Å². The largest absolute Gasteiger partial charge is 0.481 e. The normalized spacial score (nSPS) is 14.3. The van der Waals surface area contributed by atoms with Gasteiger partial charge >= 0.3 is 18.1 Å². The van der Waals surface area contributed by atoms with Crippen LogP contribution in [0.25, 0.3) is 21.8 Å². The molecule has 4 rings (SSSR count). The van der Waals surface area contributed by atoms with Crippen LogP contribution in [-0.2, 0) is 15.7 Å². The number of aromatic nitrogens is 1. The summed E-state index contributed by atoms with van der Waals surface area (Å²) in [4.78, 5) is 29.5. The fourth-order valence-electron chi connectivity index (χ4n) is 3.77. The van der Waals surface area contributed by atoms with Gasteiger partial charge < -0.3 is 14.7 Å². The number of carboxylic acid groups (broad SMARTS) is 1. The molecule has 3 aromatic rings. The molecule has 1 aromatic heterocycles. The van der Waals surface area contributed by atoms with Gasteiger partial charge in [0.25, 0.3) is 0 Å². The van der Waals surface area contributed by atoms with Gasteiger partial charge in [0.15, 0.2) is 0 Å². The summed E-state index contributed by atoms with van der Waals surface area (Å²) in [6.07, 6.45) is -4.78. The van der Waals surface area contributed by atoms with Crippen LogP contribution in [0.2, 0.25) is 0 Å². The van der Waals surface area contributed by atoms with Crippen LogP contribution in [0, 0.1) is 17.2 Å². The topological polar surface area (TPSA) is 104 Å². The van der Waals surface area contributed by atoms with Crippen molar-refractivity contribution in [1.82, 2.24) is 4.98 Å². The number of benzene rings is 2. The number of halogens is 3. The zero-order valence-electron chi connectivity index (χ0n) is 16.7. The Hall–Kier alpha value is -3.87. The third-order valence-electron chi connectivity index (χ3n) is 5.37. The lowest BCUT2D eigenvalue weighted by Crippen LogP contribution is -2.50. The number of carboxylic acids is 1. The molecule has 1 fully saturated rings. The summed E-state index contributed by atoms with van der Waals surface area (Å²) >= 11 is 0. The van der Waals surface area contributed by atoms with Gasteiger partial charge in [-0.15, -0.1) is 0 Å². The van der Waals surface area contributed by atoms with Gasteiger partial charge in [0.2, 0.25) is 0 Å². The Morgan fingerprint density at radius 3 is 2.56 bits per heavy atom. The van der Waals surface area contributed by atoms with Crippen LogP contribution in [0.5, 0.6) is 0 Å². The molecule has 32 heavy (non-hydrogen) atoms. The van der Waals surface area contributed by atoms with Crippen LogP contribution in [0.3, 0.4) is 0 Å². The summed E-state index contributed by atoms with van der Waals surface area (Å²) in [5.41, 5.74) is -1.02. The molecule has 1 aliphatic rings. The Bertz CT molecular complexity index is 1310. The third kappa shape index (κ3) is 3.56. The zero-order valence-corrected chi connectivity index (χ0v) is 16.7. The molecule has 0 spiro atoms. The second kappa shape index (κ2) is 7.67. The summed E-state index contributed by atoms with van der Waals surface area (Å²) in [5, 5.41) is 19.5. The van der Waals surface area contributed by atoms with E-state index in [4.69, 9.17) is 9.84 Å². The van der Waals surface area contributed by atoms with Crippen LogP contribution < -0.4 is 4.90 Å². The first-order valence-electron chi connectivity index (χ1n) is 9.67. The molecule has 2 aromatic carbocycles. The van der Waals surface area contributed by atoms with Crippen molar-refractivity contribution >= 4 is 39.4 Å². The van der Waals surface area contributed by atoms with Crippen molar-refractivity contribution in [2.45, 2.75) is 13.1 Å². The van der Waals surface area contributed by atoms with Crippen molar-refractivity contribution < 1.29 is 32.6 Å². The average Bonchev–Trinajstić information content (AvgIpc) is 2.68. The van der Waals surface area contributed by atoms with E-state index in [0.717, 1.165) is 6.07 Å². The first kappa shape index (κ1) is 21.4. The maximum absolute atomic E-state index is 13.6. The van der Waals surface area contributed by atoms with E-state index in [0.29, 0.717) is 16.5 Å². The molecule has 0 bridgehead atoms. The molecule has 1 aliphatic heterocycles. The van der Waals surface area contributed by atoms with E-state index in [9.17, 15) is 28.0 Å². The minimum absolute atomic E-state index is 0.102. The standard InChI is InChI=1S/C22H16F3N3O4/c1-2-32-21(31)18-15(22(23,24)25)4-3-11-5-12-7-17(28-9-14(10-28)20(29)30)13(8-26)6-16(12)27-19(11)18/h3-7,14H,2,9-10H2,1H3,(H,29,30). The highest BCUT2D eigenvalue weighted by molar-refractivity contribution is 6.07. The number of ether oxygens (including phenoxy) is 1. The summed E-state index contributed by atoms with van der Waals surface area (Å²) in [5.74, 6) is -2.57. The second-order valence-corrected chi connectivity index (χ2v) is 7.38. The molecule has 0 aliphatic carbocycles. The van der Waals surface area contributed by atoms with Gasteiger partial charge in [0.1, 0.15) is 6.07 Å². The van der Waals surface area contributed by atoms with Gasteiger partial charge in [0.05, 0.1) is 45.9 Å². The number of nitrogens with zero attached hydrogens (tertiary/aromatic N) is 3. The highest BCUT2D eigenvalue weighted by Gasteiger charge is 2.37. The van der Waals surface area contributed by atoms with Crippen LogP contribution in [0.1, 0.15) is 28.4 Å². The van der Waals surface area contributed by atoms with Crippen LogP contribution in [0.15, 0.2) is 30.3 Å². The van der Waals surface area contributed by atoms with Gasteiger partial charge in [-0.3, -0.25) is 4.79 Å². The predicted octanol–water partition coefficient (Wildman–Crippen LogP) is 3.98. The maximum Gasteiger partial charge on any atom is 0.417 e. The number of carbonyl (C=O) groups is 2. The number of pyridine rings is 1. The van der Waals surface area contributed by atoms with Gasteiger partial charge in [-0.1, -0.05) is 6.07 Å². The van der Waals surface area contributed by atoms with Gasteiger partial charge in [-0.25, -0.2) is 9.78 Å². The third-order valence-corrected chi connectivity index (χ3v) is 5.37. The summed E-state index contributed by atoms with van der Waals surface area (Å²) in [6.45, 7) is 1.89. The highest BCUT2D eigenvalue weighted by atomic mass is 19.4. The SMILES string of the molecule is CCOC(=O)c1c(C(F)(F)F)ccc2cc3cc(N4CC(C(=O)O)C4)c(C#N)cc3nc12. The zero-order chi connectivity index (χ0) is 23.2. The first-order valence-corrected chi connectivity index (χ1v) is 9.67. The van der Waals surface area contributed by atoms with Crippen molar-refractivity contribution in [2.24, 2.45) is 5.92 Å². The molecule has 1 saturated heterocycles. The molecule has 164 valence electrons. The van der Waals surface area contributed by atoms with Crippen molar-refractivity contribution in [1.29, 1.82) is 5.26 Å². The quantitative estimate of drug-likeness (QED) is 0.481. The molecule has 0 atom stereocenters. The number of anilines is 1. The number of aliphatic carboxylic acids is 1. The van der Waals surface area contributed by atoms with E-state index in [-0.39, 0.29) is 36.3 Å². The molecule has 1 N–H and O–H groups in total. The van der Waals surface area contributed by atoms with Crippen LogP contribution >= 0.6 is 0 Å². The van der Waals surface area contributed by atoms with Gasteiger partial charge in [-0.2, -0.15) is 18.4 Å². The molecule has 0 radical (unpaired) electrons. The Kier molecular flexibility index (Phi) is 5.12. The minimum Gasteiger partial charge on any atom is -0.481 e. The Labute approximate surface area is 179 Å². The monoisotopic (exact) mass is 443 g/mol. The number of rotatable bonds is 4. The maximum atomic E-state index is 13.6. The Balaban J connectivity index is 1.91. The number of alkyl halides is 3. The molecular formula is C22H16F3N3O4. The number of carbonyl (C=O) groups excluding carboxylic acids is 1. The van der Waals surface area contributed by atoms with Crippen LogP contribution in [-0.4, -0.2) is 41.7 Å². The van der Waals surface area contributed by atoms with Gasteiger partial charge in [-0.05, 0) is 31.2 Å². The highest BCUT2D eigenvalue weighted by Crippen LogP contribution is 2.37. The fraction of sp³-hybridized carbons (Fsp3) is 0.273. The average molecular weight is 443 g/mol. The predicted molar refractivity (Wildman–Crippen MR) is 108 cm³/mol. The lowest BCUT2D eigenvalue weighted by molar-refractivity contribution is -0.142. The second-order valence-electron chi connectivity index (χ2n) is 7.38. The summed E-state index contributed by atoms with van der Waals surface area (Å²) in [7, 11) is 0. The van der Waals surface area contributed by atoms with E-state index in [2.05, 4.69) is 4.98 Å². The Morgan fingerprint density at radius 1 is 1.25 bits per heavy atom. The summed E-state index contributed by atoms with van der Waals surface area (Å²) in [6, 6.07) is 8.73. The molecule has 10 heteroatoms. The van der Waals surface area contributed by atoms with Crippen molar-refractivity contribution in [3.63, 3.8) is 0 Å². The molecule has 2 heterocycles. The van der Waals surface area contributed by atoms with E-state index < -0.39 is 35.2 Å². The van der Waals surface area contributed by atoms with Crippen LogP contribution in [0.4, 0.5) is 18.9 Å². The first-order chi connectivity index (χ1) is 15.1. The molecule has 0 amide bonds. The number of esters is 1. The number of hydrogen-bond acceptors (Lipinski definition) is 6. The molecule has 0 unspecified atom stereocenters. The summed E-state index contributed by atoms with van der Waals surface area (Å²) < 4.78 is 45.5. The molecular weight excluding hydrogens is 427 g/mol. The minimum atomic E-state index is -4.78.